The van der Waals surface area contributed by atoms with E-state index in [1.54, 1.807) is 26.2 Å². The lowest BCUT2D eigenvalue weighted by molar-refractivity contribution is -0.387. The zero-order valence-electron chi connectivity index (χ0n) is 11.2. The monoisotopic (exact) mass is 280 g/mol. The highest BCUT2D eigenvalue weighted by Gasteiger charge is 2.21. The van der Waals surface area contributed by atoms with Crippen molar-refractivity contribution in [2.75, 3.05) is 14.1 Å². The molecule has 102 valence electrons. The smallest absolute Gasteiger partial charge is 0.286 e. The molecule has 0 aromatic heterocycles. The van der Waals surface area contributed by atoms with E-state index in [1.807, 2.05) is 6.92 Å². The average molecular weight is 280 g/mol. The Balaban J connectivity index is 3.24. The highest BCUT2D eigenvalue weighted by molar-refractivity contribution is 8.13. The first-order valence-electron chi connectivity index (χ1n) is 5.62. The molecule has 0 saturated carbocycles. The number of hydrogen-bond donors (Lipinski definition) is 0. The van der Waals surface area contributed by atoms with E-state index in [2.05, 4.69) is 6.58 Å². The molecule has 1 aromatic carbocycles. The predicted octanol–water partition coefficient (Wildman–Crippen LogP) is 3.49. The highest BCUT2D eigenvalue weighted by Crippen LogP contribution is 2.34. The summed E-state index contributed by atoms with van der Waals surface area (Å²) in [6.45, 7) is 5.65. The summed E-state index contributed by atoms with van der Waals surface area (Å²) in [7, 11) is 3.23. The van der Waals surface area contributed by atoms with Gasteiger partial charge in [-0.15, -0.1) is 0 Å². The summed E-state index contributed by atoms with van der Waals surface area (Å²) in [6.07, 6.45) is 0.519. The standard InChI is InChI=1S/C13H16N2O3S/c1-9(2)8-10-6-5-7-11(15(17)18)12(10)19-13(16)14(3)4/h5-7H,1,8H2,2-4H3. The van der Waals surface area contributed by atoms with Gasteiger partial charge in [0.2, 0.25) is 0 Å². The van der Waals surface area contributed by atoms with Crippen LogP contribution in [-0.4, -0.2) is 29.2 Å². The van der Waals surface area contributed by atoms with Gasteiger partial charge in [-0.2, -0.15) is 0 Å². The quantitative estimate of drug-likeness (QED) is 0.366. The molecule has 0 radical (unpaired) electrons. The van der Waals surface area contributed by atoms with Gasteiger partial charge in [-0.3, -0.25) is 14.9 Å². The fourth-order valence-corrected chi connectivity index (χ4v) is 2.35. The topological polar surface area (TPSA) is 63.5 Å². The minimum absolute atomic E-state index is 0.0426. The summed E-state index contributed by atoms with van der Waals surface area (Å²) in [6, 6.07) is 4.82. The first-order valence-corrected chi connectivity index (χ1v) is 6.44. The zero-order valence-corrected chi connectivity index (χ0v) is 12.0. The summed E-state index contributed by atoms with van der Waals surface area (Å²) < 4.78 is 0. The molecule has 19 heavy (non-hydrogen) atoms. The molecular formula is C13H16N2O3S. The van der Waals surface area contributed by atoms with Gasteiger partial charge in [0.25, 0.3) is 10.9 Å². The van der Waals surface area contributed by atoms with Crippen LogP contribution in [0.4, 0.5) is 10.5 Å². The summed E-state index contributed by atoms with van der Waals surface area (Å²) >= 11 is 0.879. The first kappa shape index (κ1) is 15.2. The summed E-state index contributed by atoms with van der Waals surface area (Å²) in [5, 5.41) is 10.8. The van der Waals surface area contributed by atoms with E-state index >= 15 is 0 Å². The summed E-state index contributed by atoms with van der Waals surface area (Å²) in [5.74, 6) is 0. The van der Waals surface area contributed by atoms with Crippen LogP contribution in [0.1, 0.15) is 12.5 Å². The Morgan fingerprint density at radius 1 is 1.47 bits per heavy atom. The molecule has 0 aliphatic carbocycles. The Hall–Kier alpha value is -1.82. The van der Waals surface area contributed by atoms with Crippen LogP contribution in [0, 0.1) is 10.1 Å². The second kappa shape index (κ2) is 6.38. The van der Waals surface area contributed by atoms with Gasteiger partial charge >= 0.3 is 0 Å². The van der Waals surface area contributed by atoms with Gasteiger partial charge in [0.05, 0.1) is 9.82 Å². The molecule has 1 amide bonds. The number of benzene rings is 1. The molecule has 1 aromatic rings. The molecule has 0 aliphatic rings. The maximum Gasteiger partial charge on any atom is 0.286 e. The van der Waals surface area contributed by atoms with Crippen LogP contribution in [0.2, 0.25) is 0 Å². The van der Waals surface area contributed by atoms with E-state index in [-0.39, 0.29) is 10.9 Å². The fourth-order valence-electron chi connectivity index (χ4n) is 1.48. The minimum atomic E-state index is -0.465. The molecule has 0 aliphatic heterocycles. The second-order valence-corrected chi connectivity index (χ2v) is 5.38. The van der Waals surface area contributed by atoms with E-state index in [1.165, 1.54) is 11.0 Å². The Morgan fingerprint density at radius 3 is 2.58 bits per heavy atom. The molecule has 0 N–H and O–H groups in total. The molecule has 6 heteroatoms. The lowest BCUT2D eigenvalue weighted by Crippen LogP contribution is -2.16. The van der Waals surface area contributed by atoms with E-state index in [0.29, 0.717) is 11.3 Å². The summed E-state index contributed by atoms with van der Waals surface area (Å²) in [4.78, 5) is 24.2. The fraction of sp³-hybridized carbons (Fsp3) is 0.308. The maximum atomic E-state index is 11.8. The third-order valence-electron chi connectivity index (χ3n) is 2.32. The average Bonchev–Trinajstić information content (AvgIpc) is 2.29. The molecule has 1 rings (SSSR count). The van der Waals surface area contributed by atoms with E-state index in [9.17, 15) is 14.9 Å². The number of allylic oxidation sites excluding steroid dienone is 1. The highest BCUT2D eigenvalue weighted by atomic mass is 32.2. The number of hydrogen-bond acceptors (Lipinski definition) is 4. The van der Waals surface area contributed by atoms with Crippen LogP contribution >= 0.6 is 11.8 Å². The Kier molecular flexibility index (Phi) is 5.11. The number of carbonyl (C=O) groups excluding carboxylic acids is 1. The predicted molar refractivity (Wildman–Crippen MR) is 76.6 cm³/mol. The molecule has 0 saturated heterocycles. The zero-order chi connectivity index (χ0) is 14.6. The van der Waals surface area contributed by atoms with Crippen molar-refractivity contribution in [1.29, 1.82) is 0 Å². The molecule has 0 fully saturated rings. The second-order valence-electron chi connectivity index (χ2n) is 4.42. The normalized spacial score (nSPS) is 10.1. The van der Waals surface area contributed by atoms with Crippen molar-refractivity contribution in [2.24, 2.45) is 0 Å². The minimum Gasteiger partial charge on any atom is -0.339 e. The van der Waals surface area contributed by atoms with Crippen molar-refractivity contribution >= 4 is 22.7 Å². The van der Waals surface area contributed by atoms with Crippen LogP contribution in [0.25, 0.3) is 0 Å². The van der Waals surface area contributed by atoms with Gasteiger partial charge < -0.3 is 4.90 Å². The van der Waals surface area contributed by atoms with E-state index in [0.717, 1.165) is 22.9 Å². The van der Waals surface area contributed by atoms with Gasteiger partial charge in [-0.05, 0) is 30.7 Å². The number of nitro groups is 1. The molecule has 0 heterocycles. The van der Waals surface area contributed by atoms with Crippen LogP contribution in [-0.2, 0) is 6.42 Å². The largest absolute Gasteiger partial charge is 0.339 e. The molecule has 0 unspecified atom stereocenters. The number of nitrogens with zero attached hydrogens (tertiary/aromatic N) is 2. The third-order valence-corrected chi connectivity index (χ3v) is 3.53. The van der Waals surface area contributed by atoms with Crippen molar-refractivity contribution in [3.05, 3.63) is 46.0 Å². The van der Waals surface area contributed by atoms with Gasteiger partial charge in [0.15, 0.2) is 0 Å². The number of thioether (sulfide) groups is 1. The van der Waals surface area contributed by atoms with Crippen LogP contribution in [0.5, 0.6) is 0 Å². The Morgan fingerprint density at radius 2 is 2.11 bits per heavy atom. The SMILES string of the molecule is C=C(C)Cc1cccc([N+](=O)[O-])c1SC(=O)N(C)C. The van der Waals surface area contributed by atoms with Crippen molar-refractivity contribution in [2.45, 2.75) is 18.2 Å². The third kappa shape index (κ3) is 4.10. The maximum absolute atomic E-state index is 11.8. The molecular weight excluding hydrogens is 264 g/mol. The number of amides is 1. The van der Waals surface area contributed by atoms with E-state index in [4.69, 9.17) is 0 Å². The summed E-state index contributed by atoms with van der Waals surface area (Å²) in [5.41, 5.74) is 1.60. The van der Waals surface area contributed by atoms with Crippen molar-refractivity contribution in [3.63, 3.8) is 0 Å². The van der Waals surface area contributed by atoms with Gasteiger partial charge in [0, 0.05) is 20.2 Å². The van der Waals surface area contributed by atoms with Crippen LogP contribution in [0.15, 0.2) is 35.2 Å². The Bertz CT molecular complexity index is 527. The Labute approximate surface area is 116 Å². The molecule has 5 nitrogen and oxygen atoms in total. The number of nitro benzene ring substituents is 1. The van der Waals surface area contributed by atoms with Crippen molar-refractivity contribution in [1.82, 2.24) is 4.90 Å². The van der Waals surface area contributed by atoms with Crippen molar-refractivity contribution in [3.8, 4) is 0 Å². The lowest BCUT2D eigenvalue weighted by atomic mass is 10.1. The van der Waals surface area contributed by atoms with Crippen LogP contribution in [0.3, 0.4) is 0 Å². The molecule has 0 atom stereocenters. The van der Waals surface area contributed by atoms with E-state index < -0.39 is 4.92 Å². The van der Waals surface area contributed by atoms with Crippen LogP contribution < -0.4 is 0 Å². The number of rotatable bonds is 4. The molecule has 0 spiro atoms. The number of carbonyl (C=O) groups is 1. The molecule has 0 bridgehead atoms. The van der Waals surface area contributed by atoms with Gasteiger partial charge in [-0.25, -0.2) is 0 Å². The van der Waals surface area contributed by atoms with Gasteiger partial charge in [0.1, 0.15) is 0 Å². The first-order chi connectivity index (χ1) is 8.82. The lowest BCUT2D eigenvalue weighted by Gasteiger charge is -2.12. The van der Waals surface area contributed by atoms with Gasteiger partial charge in [-0.1, -0.05) is 24.3 Å². The van der Waals surface area contributed by atoms with Crippen molar-refractivity contribution < 1.29 is 9.72 Å².